The Hall–Kier alpha value is -1.06. The predicted molar refractivity (Wildman–Crippen MR) is 56.6 cm³/mol. The minimum atomic E-state index is -1.06. The summed E-state index contributed by atoms with van der Waals surface area (Å²) >= 11 is 0. The Morgan fingerprint density at radius 1 is 1.50 bits per heavy atom. The Morgan fingerprint density at radius 3 is 2.81 bits per heavy atom. The Bertz CT molecular complexity index is 325. The maximum atomic E-state index is 11.8. The fraction of sp³-hybridized carbons (Fsp3) is 0.833. The molecule has 0 aromatic carbocycles. The topological polar surface area (TPSA) is 52.6 Å². The smallest absolute Gasteiger partial charge is 0.351 e. The van der Waals surface area contributed by atoms with Gasteiger partial charge < -0.3 is 9.47 Å². The van der Waals surface area contributed by atoms with Gasteiger partial charge in [-0.05, 0) is 25.7 Å². The van der Waals surface area contributed by atoms with Crippen molar-refractivity contribution in [3.63, 3.8) is 0 Å². The molecule has 2 aliphatic rings. The maximum Gasteiger partial charge on any atom is 0.351 e. The molecule has 16 heavy (non-hydrogen) atoms. The molecule has 2 fully saturated rings. The summed E-state index contributed by atoms with van der Waals surface area (Å²) < 4.78 is 10.5. The number of rotatable bonds is 1. The molecular weight excluding hydrogens is 208 g/mol. The molecule has 0 bridgehead atoms. The highest BCUT2D eigenvalue weighted by atomic mass is 16.6. The summed E-state index contributed by atoms with van der Waals surface area (Å²) in [6.45, 7) is 5.17. The van der Waals surface area contributed by atoms with Crippen molar-refractivity contribution in [2.45, 2.75) is 51.7 Å². The lowest BCUT2D eigenvalue weighted by Crippen LogP contribution is -2.44. The van der Waals surface area contributed by atoms with E-state index in [4.69, 9.17) is 9.47 Å². The van der Waals surface area contributed by atoms with Crippen molar-refractivity contribution >= 4 is 11.9 Å². The van der Waals surface area contributed by atoms with Crippen LogP contribution in [0, 0.1) is 11.8 Å². The van der Waals surface area contributed by atoms with Crippen LogP contribution < -0.4 is 0 Å². The average molecular weight is 226 g/mol. The van der Waals surface area contributed by atoms with Crippen LogP contribution in [0.1, 0.15) is 40.0 Å². The van der Waals surface area contributed by atoms with E-state index in [0.29, 0.717) is 5.92 Å². The molecule has 0 radical (unpaired) electrons. The zero-order valence-corrected chi connectivity index (χ0v) is 9.99. The molecule has 0 aromatic heterocycles. The number of hydrogen-bond acceptors (Lipinski definition) is 4. The summed E-state index contributed by atoms with van der Waals surface area (Å²) in [4.78, 5) is 22.9. The van der Waals surface area contributed by atoms with Crippen LogP contribution in [0.15, 0.2) is 0 Å². The molecule has 4 heteroatoms. The van der Waals surface area contributed by atoms with Crippen molar-refractivity contribution in [3.8, 4) is 0 Å². The summed E-state index contributed by atoms with van der Waals surface area (Å²) in [6.07, 6.45) is 2.77. The third-order valence-corrected chi connectivity index (χ3v) is 3.78. The molecule has 4 nitrogen and oxygen atoms in total. The van der Waals surface area contributed by atoms with Crippen LogP contribution in [-0.4, -0.2) is 23.6 Å². The number of hydrogen-bond donors (Lipinski definition) is 0. The molecule has 1 heterocycles. The Balaban J connectivity index is 2.20. The molecular formula is C12H18O4. The number of esters is 2. The van der Waals surface area contributed by atoms with E-state index >= 15 is 0 Å². The summed E-state index contributed by atoms with van der Waals surface area (Å²) in [7, 11) is 0. The zero-order chi connectivity index (χ0) is 11.9. The number of ether oxygens (including phenoxy) is 2. The molecule has 0 aromatic rings. The van der Waals surface area contributed by atoms with Crippen LogP contribution in [0.5, 0.6) is 0 Å². The van der Waals surface area contributed by atoms with E-state index in [1.54, 1.807) is 6.92 Å². The van der Waals surface area contributed by atoms with Crippen LogP contribution in [0.25, 0.3) is 0 Å². The molecule has 1 saturated carbocycles. The van der Waals surface area contributed by atoms with Gasteiger partial charge in [-0.1, -0.05) is 13.3 Å². The van der Waals surface area contributed by atoms with E-state index in [-0.39, 0.29) is 18.0 Å². The third-order valence-electron chi connectivity index (χ3n) is 3.78. The maximum absolute atomic E-state index is 11.8. The second kappa shape index (κ2) is 3.75. The first-order valence-corrected chi connectivity index (χ1v) is 5.84. The molecule has 0 spiro atoms. The van der Waals surface area contributed by atoms with Crippen molar-refractivity contribution < 1.29 is 19.1 Å². The second-order valence-corrected chi connectivity index (χ2v) is 5.17. The molecule has 1 saturated heterocycles. The van der Waals surface area contributed by atoms with Crippen molar-refractivity contribution in [1.29, 1.82) is 0 Å². The van der Waals surface area contributed by atoms with E-state index in [2.05, 4.69) is 6.92 Å². The highest BCUT2D eigenvalue weighted by Crippen LogP contribution is 2.44. The average Bonchev–Trinajstić information content (AvgIpc) is 2.37. The normalized spacial score (nSPS) is 42.4. The van der Waals surface area contributed by atoms with Crippen LogP contribution in [0.2, 0.25) is 0 Å². The fourth-order valence-corrected chi connectivity index (χ4v) is 2.91. The Kier molecular flexibility index (Phi) is 2.68. The highest BCUT2D eigenvalue weighted by Gasteiger charge is 2.57. The number of fused-ring (bicyclic) bond motifs is 1. The van der Waals surface area contributed by atoms with E-state index in [1.165, 1.54) is 6.92 Å². The summed E-state index contributed by atoms with van der Waals surface area (Å²) in [5, 5.41) is 0. The zero-order valence-electron chi connectivity index (χ0n) is 9.99. The molecule has 90 valence electrons. The van der Waals surface area contributed by atoms with Gasteiger partial charge in [0.05, 0.1) is 0 Å². The van der Waals surface area contributed by atoms with E-state index < -0.39 is 11.6 Å². The van der Waals surface area contributed by atoms with Crippen LogP contribution in [0.3, 0.4) is 0 Å². The molecule has 2 rings (SSSR count). The van der Waals surface area contributed by atoms with Gasteiger partial charge in [0, 0.05) is 12.8 Å². The SMILES string of the molecule is CC(=O)O[C@]1(C)C(=O)O[C@@H]2C[C@H](C)CC[C@H]21. The van der Waals surface area contributed by atoms with Gasteiger partial charge in [0.25, 0.3) is 0 Å². The first-order chi connectivity index (χ1) is 7.43. The Morgan fingerprint density at radius 2 is 2.19 bits per heavy atom. The van der Waals surface area contributed by atoms with Crippen LogP contribution >= 0.6 is 0 Å². The van der Waals surface area contributed by atoms with Crippen molar-refractivity contribution in [3.05, 3.63) is 0 Å². The molecule has 0 amide bonds. The van der Waals surface area contributed by atoms with Gasteiger partial charge in [-0.25, -0.2) is 4.79 Å². The minimum absolute atomic E-state index is 0.0279. The molecule has 0 N–H and O–H groups in total. The van der Waals surface area contributed by atoms with Gasteiger partial charge >= 0.3 is 11.9 Å². The highest BCUT2D eigenvalue weighted by molar-refractivity contribution is 5.85. The van der Waals surface area contributed by atoms with Crippen LogP contribution in [-0.2, 0) is 19.1 Å². The molecule has 0 unspecified atom stereocenters. The number of carbonyl (C=O) groups excluding carboxylic acids is 2. The second-order valence-electron chi connectivity index (χ2n) is 5.17. The van der Waals surface area contributed by atoms with Crippen LogP contribution in [0.4, 0.5) is 0 Å². The lowest BCUT2D eigenvalue weighted by molar-refractivity contribution is -0.172. The summed E-state index contributed by atoms with van der Waals surface area (Å²) in [5.41, 5.74) is -1.06. The van der Waals surface area contributed by atoms with Gasteiger partial charge in [0.1, 0.15) is 6.10 Å². The molecule has 1 aliphatic carbocycles. The van der Waals surface area contributed by atoms with Crippen molar-refractivity contribution in [2.75, 3.05) is 0 Å². The van der Waals surface area contributed by atoms with Crippen molar-refractivity contribution in [2.24, 2.45) is 11.8 Å². The predicted octanol–water partition coefficient (Wildman–Crippen LogP) is 1.67. The number of carbonyl (C=O) groups is 2. The first kappa shape index (κ1) is 11.4. The van der Waals surface area contributed by atoms with Gasteiger partial charge in [-0.15, -0.1) is 0 Å². The van der Waals surface area contributed by atoms with Gasteiger partial charge in [0.2, 0.25) is 5.60 Å². The largest absolute Gasteiger partial charge is 0.459 e. The van der Waals surface area contributed by atoms with E-state index in [0.717, 1.165) is 19.3 Å². The minimum Gasteiger partial charge on any atom is -0.459 e. The molecule has 1 aliphatic heterocycles. The molecule has 4 atom stereocenters. The Labute approximate surface area is 95.3 Å². The third kappa shape index (κ3) is 1.70. The summed E-state index contributed by atoms with van der Waals surface area (Å²) in [6, 6.07) is 0. The van der Waals surface area contributed by atoms with E-state index in [1.807, 2.05) is 0 Å². The first-order valence-electron chi connectivity index (χ1n) is 5.84. The monoisotopic (exact) mass is 226 g/mol. The summed E-state index contributed by atoms with van der Waals surface area (Å²) in [5.74, 6) is -0.195. The lowest BCUT2D eigenvalue weighted by atomic mass is 9.74. The van der Waals surface area contributed by atoms with E-state index in [9.17, 15) is 9.59 Å². The van der Waals surface area contributed by atoms with Gasteiger partial charge in [-0.2, -0.15) is 0 Å². The standard InChI is InChI=1S/C12H18O4/c1-7-4-5-9-10(6-7)15-11(14)12(9,3)16-8(2)13/h7,9-10H,4-6H2,1-3H3/t7-,9-,10-,12+/m1/s1. The fourth-order valence-electron chi connectivity index (χ4n) is 2.91. The van der Waals surface area contributed by atoms with Gasteiger partial charge in [-0.3, -0.25) is 4.79 Å². The quantitative estimate of drug-likeness (QED) is 0.638. The van der Waals surface area contributed by atoms with Crippen molar-refractivity contribution in [1.82, 2.24) is 0 Å². The van der Waals surface area contributed by atoms with Gasteiger partial charge in [0.15, 0.2) is 0 Å². The lowest BCUT2D eigenvalue weighted by Gasteiger charge is -2.33.